The Morgan fingerprint density at radius 3 is 1.31 bits per heavy atom. The molecule has 0 radical (unpaired) electrons. The zero-order valence-corrected chi connectivity index (χ0v) is 23.5. The summed E-state index contributed by atoms with van der Waals surface area (Å²) < 4.78 is 0. The molecular weight excluding hydrogens is 486 g/mol. The number of para-hydroxylation sites is 2. The second-order valence-corrected chi connectivity index (χ2v) is 8.47. The number of aryl methyl sites for hydroxylation is 2. The molecule has 0 unspecified atom stereocenters. The number of hydrogen-bond donors (Lipinski definition) is 2. The number of benzene rings is 4. The van der Waals surface area contributed by atoms with Gasteiger partial charge in [0.1, 0.15) is 11.5 Å². The summed E-state index contributed by atoms with van der Waals surface area (Å²) >= 11 is 0. The first-order valence-corrected chi connectivity index (χ1v) is 11.2. The quantitative estimate of drug-likeness (QED) is 0.212. The van der Waals surface area contributed by atoms with E-state index in [0.717, 1.165) is 45.1 Å². The van der Waals surface area contributed by atoms with E-state index < -0.39 is 0 Å². The first kappa shape index (κ1) is 26.1. The van der Waals surface area contributed by atoms with E-state index in [4.69, 9.17) is 9.98 Å². The van der Waals surface area contributed by atoms with E-state index in [-0.39, 0.29) is 31.0 Å². The van der Waals surface area contributed by atoms with Gasteiger partial charge in [0, 0.05) is 53.2 Å². The molecule has 0 heterocycles. The smallest absolute Gasteiger partial charge is 0.124 e. The van der Waals surface area contributed by atoms with Crippen LogP contribution in [0.25, 0.3) is 11.1 Å². The van der Waals surface area contributed by atoms with Crippen LogP contribution >= 0.6 is 0 Å². The maximum Gasteiger partial charge on any atom is 0.124 e. The van der Waals surface area contributed by atoms with Crippen molar-refractivity contribution in [2.24, 2.45) is 9.98 Å². The van der Waals surface area contributed by atoms with Gasteiger partial charge in [-0.3, -0.25) is 9.98 Å². The van der Waals surface area contributed by atoms with E-state index >= 15 is 0 Å². The van der Waals surface area contributed by atoms with Crippen LogP contribution in [0, 0.1) is 13.8 Å². The van der Waals surface area contributed by atoms with Crippen molar-refractivity contribution in [2.45, 2.75) is 27.7 Å². The first-order valence-electron chi connectivity index (χ1n) is 11.2. The number of aromatic hydroxyl groups is 2. The predicted molar refractivity (Wildman–Crippen MR) is 141 cm³/mol. The Bertz CT molecular complexity index is 1310. The van der Waals surface area contributed by atoms with Gasteiger partial charge in [-0.25, -0.2) is 0 Å². The zero-order chi connectivity index (χ0) is 24.2. The van der Waals surface area contributed by atoms with Crippen molar-refractivity contribution in [1.29, 1.82) is 0 Å². The summed E-state index contributed by atoms with van der Waals surface area (Å²) in [4.78, 5) is 9.82. The molecule has 0 aliphatic carbocycles. The molecular formula is C30H28N2O2Zn. The topological polar surface area (TPSA) is 65.2 Å². The summed E-state index contributed by atoms with van der Waals surface area (Å²) in [6.07, 6.45) is 0. The van der Waals surface area contributed by atoms with Gasteiger partial charge in [-0.1, -0.05) is 48.5 Å². The molecule has 172 valence electrons. The van der Waals surface area contributed by atoms with E-state index in [0.29, 0.717) is 11.1 Å². The van der Waals surface area contributed by atoms with Crippen LogP contribution in [0.2, 0.25) is 0 Å². The number of aliphatic imine (C=N–C) groups is 2. The number of rotatable bonds is 5. The van der Waals surface area contributed by atoms with Crippen LogP contribution < -0.4 is 0 Å². The van der Waals surface area contributed by atoms with E-state index in [9.17, 15) is 10.2 Å². The van der Waals surface area contributed by atoms with Gasteiger partial charge in [-0.2, -0.15) is 0 Å². The number of phenolic OH excluding ortho intramolecular Hbond substituents is 2. The average Bonchev–Trinajstić information content (AvgIpc) is 2.80. The summed E-state index contributed by atoms with van der Waals surface area (Å²) in [5.41, 5.74) is 8.56. The Hall–Kier alpha value is -3.56. The van der Waals surface area contributed by atoms with Gasteiger partial charge >= 0.3 is 0 Å². The van der Waals surface area contributed by atoms with Crippen LogP contribution in [0.5, 0.6) is 11.5 Å². The molecule has 0 fully saturated rings. The van der Waals surface area contributed by atoms with Crippen molar-refractivity contribution in [2.75, 3.05) is 0 Å². The zero-order valence-electron chi connectivity index (χ0n) is 20.6. The van der Waals surface area contributed by atoms with Crippen LogP contribution in [-0.2, 0) is 19.5 Å². The van der Waals surface area contributed by atoms with Gasteiger partial charge in [0.15, 0.2) is 0 Å². The van der Waals surface area contributed by atoms with Gasteiger partial charge in [-0.15, -0.1) is 0 Å². The molecule has 0 aromatic heterocycles. The summed E-state index contributed by atoms with van der Waals surface area (Å²) in [6.45, 7) is 7.87. The molecule has 4 aromatic carbocycles. The van der Waals surface area contributed by atoms with Crippen molar-refractivity contribution in [3.05, 3.63) is 107 Å². The Labute approximate surface area is 219 Å². The Kier molecular flexibility index (Phi) is 8.37. The molecule has 4 aromatic rings. The minimum absolute atomic E-state index is 0. The molecule has 35 heavy (non-hydrogen) atoms. The molecule has 0 amide bonds. The summed E-state index contributed by atoms with van der Waals surface area (Å²) in [6, 6.07) is 26.8. The largest absolute Gasteiger partial charge is 0.507 e. The fourth-order valence-corrected chi connectivity index (χ4v) is 3.96. The predicted octanol–water partition coefficient (Wildman–Crippen LogP) is 7.66. The Balaban J connectivity index is 0.00000342. The van der Waals surface area contributed by atoms with E-state index in [1.165, 1.54) is 0 Å². The summed E-state index contributed by atoms with van der Waals surface area (Å²) in [5.74, 6) is 0.411. The maximum absolute atomic E-state index is 10.3. The molecule has 5 heteroatoms. The number of nitrogens with zero attached hydrogens (tertiary/aromatic N) is 2. The SMILES string of the molecule is CC(=Nc1cc(C)ccc1-c1ccc(C)cc1N=C(C)c1ccccc1O)c1ccccc1O.[Zn]. The van der Waals surface area contributed by atoms with Gasteiger partial charge in [0.05, 0.1) is 11.4 Å². The Morgan fingerprint density at radius 2 is 0.943 bits per heavy atom. The molecule has 0 aliphatic rings. The number of phenols is 2. The van der Waals surface area contributed by atoms with Crippen molar-refractivity contribution in [1.82, 2.24) is 0 Å². The van der Waals surface area contributed by atoms with Crippen LogP contribution in [0.4, 0.5) is 11.4 Å². The van der Waals surface area contributed by atoms with E-state index in [2.05, 4.69) is 24.3 Å². The van der Waals surface area contributed by atoms with Crippen molar-refractivity contribution in [3.8, 4) is 22.6 Å². The molecule has 4 rings (SSSR count). The Morgan fingerprint density at radius 1 is 0.571 bits per heavy atom. The van der Waals surface area contributed by atoms with Crippen LogP contribution in [-0.4, -0.2) is 21.6 Å². The molecule has 2 N–H and O–H groups in total. The van der Waals surface area contributed by atoms with Gasteiger partial charge in [-0.05, 0) is 75.2 Å². The number of hydrogen-bond acceptors (Lipinski definition) is 4. The van der Waals surface area contributed by atoms with Crippen LogP contribution in [0.1, 0.15) is 36.1 Å². The molecule has 0 spiro atoms. The first-order chi connectivity index (χ1) is 16.3. The fourth-order valence-electron chi connectivity index (χ4n) is 3.96. The van der Waals surface area contributed by atoms with Gasteiger partial charge in [0.2, 0.25) is 0 Å². The molecule has 0 saturated carbocycles. The third-order valence-corrected chi connectivity index (χ3v) is 5.76. The van der Waals surface area contributed by atoms with Crippen molar-refractivity contribution >= 4 is 22.8 Å². The van der Waals surface area contributed by atoms with Crippen LogP contribution in [0.3, 0.4) is 0 Å². The maximum atomic E-state index is 10.3. The third kappa shape index (κ3) is 5.93. The minimum Gasteiger partial charge on any atom is -0.507 e. The second kappa shape index (κ2) is 11.2. The van der Waals surface area contributed by atoms with Crippen molar-refractivity contribution < 1.29 is 29.7 Å². The standard InChI is InChI=1S/C30H28N2O2.Zn/c1-19-13-15-25(27(17-19)31-21(3)23-9-5-7-11-29(23)33)26-16-14-20(2)18-28(26)32-22(4)24-10-6-8-12-30(24)34;/h5-18,33-34H,1-4H3;. The molecule has 0 aliphatic heterocycles. The van der Waals surface area contributed by atoms with Crippen molar-refractivity contribution in [3.63, 3.8) is 0 Å². The van der Waals surface area contributed by atoms with Crippen LogP contribution in [0.15, 0.2) is 94.9 Å². The van der Waals surface area contributed by atoms with Gasteiger partial charge < -0.3 is 10.2 Å². The summed E-state index contributed by atoms with van der Waals surface area (Å²) in [5, 5.41) is 20.6. The normalized spacial score (nSPS) is 11.8. The second-order valence-electron chi connectivity index (χ2n) is 8.47. The average molecular weight is 514 g/mol. The fraction of sp³-hybridized carbons (Fsp3) is 0.133. The molecule has 0 saturated heterocycles. The van der Waals surface area contributed by atoms with E-state index in [1.807, 2.05) is 64.1 Å². The molecule has 0 bridgehead atoms. The van der Waals surface area contributed by atoms with E-state index in [1.54, 1.807) is 24.3 Å². The summed E-state index contributed by atoms with van der Waals surface area (Å²) in [7, 11) is 0. The monoisotopic (exact) mass is 512 g/mol. The minimum atomic E-state index is 0. The molecule has 4 nitrogen and oxygen atoms in total. The third-order valence-electron chi connectivity index (χ3n) is 5.76. The molecule has 0 atom stereocenters. The van der Waals surface area contributed by atoms with Gasteiger partial charge in [0.25, 0.3) is 0 Å².